The number of benzene rings is 2. The average Bonchev–Trinajstić information content (AvgIpc) is 3.51. The van der Waals surface area contributed by atoms with Crippen molar-refractivity contribution in [1.29, 1.82) is 0 Å². The van der Waals surface area contributed by atoms with E-state index in [4.69, 9.17) is 21.4 Å². The molecule has 0 spiro atoms. The lowest BCUT2D eigenvalue weighted by Crippen LogP contribution is -2.42. The Kier molecular flexibility index (Phi) is 8.53. The number of amides is 2. The van der Waals surface area contributed by atoms with E-state index in [9.17, 15) is 14.0 Å². The van der Waals surface area contributed by atoms with E-state index in [1.807, 2.05) is 37.3 Å². The first-order chi connectivity index (χ1) is 19.7. The Bertz CT molecular complexity index is 1610. The van der Waals surface area contributed by atoms with Crippen LogP contribution in [0.2, 0.25) is 5.02 Å². The molecule has 214 valence electrons. The summed E-state index contributed by atoms with van der Waals surface area (Å²) in [6.07, 6.45) is 1.72. The van der Waals surface area contributed by atoms with Crippen LogP contribution in [0.15, 0.2) is 71.7 Å². The van der Waals surface area contributed by atoms with Crippen molar-refractivity contribution in [2.75, 3.05) is 38.7 Å². The van der Waals surface area contributed by atoms with Gasteiger partial charge in [0.15, 0.2) is 0 Å². The van der Waals surface area contributed by atoms with Crippen LogP contribution in [0.1, 0.15) is 17.0 Å². The number of nitrogens with zero attached hydrogens (tertiary/aromatic N) is 4. The minimum absolute atomic E-state index is 0.0503. The number of hydrogen-bond acceptors (Lipinski definition) is 5. The molecular weight excluding hydrogens is 547 g/mol. The molecule has 3 heterocycles. The van der Waals surface area contributed by atoms with Gasteiger partial charge in [-0.05, 0) is 42.8 Å². The summed E-state index contributed by atoms with van der Waals surface area (Å²) < 4.78 is 22.3. The van der Waals surface area contributed by atoms with Gasteiger partial charge in [0.05, 0.1) is 29.1 Å². The number of urea groups is 1. The fraction of sp³-hybridized carbons (Fsp3) is 0.300. The smallest absolute Gasteiger partial charge is 0.320 e. The summed E-state index contributed by atoms with van der Waals surface area (Å²) >= 11 is 6.10. The molecule has 1 saturated heterocycles. The van der Waals surface area contributed by atoms with Gasteiger partial charge in [0.1, 0.15) is 11.6 Å². The lowest BCUT2D eigenvalue weighted by atomic mass is 9.94. The number of halogens is 2. The molecule has 2 N–H and O–H groups in total. The molecule has 0 bridgehead atoms. The van der Waals surface area contributed by atoms with Crippen LogP contribution in [0.3, 0.4) is 0 Å². The first-order valence-corrected chi connectivity index (χ1v) is 13.7. The Morgan fingerprint density at radius 1 is 1.15 bits per heavy atom. The van der Waals surface area contributed by atoms with E-state index in [2.05, 4.69) is 15.5 Å². The summed E-state index contributed by atoms with van der Waals surface area (Å²) in [5.41, 5.74) is 3.64. The summed E-state index contributed by atoms with van der Waals surface area (Å²) in [7, 11) is 3.34. The lowest BCUT2D eigenvalue weighted by molar-refractivity contribution is 0.159. The molecule has 0 saturated carbocycles. The maximum absolute atomic E-state index is 13.9. The quantitative estimate of drug-likeness (QED) is 0.319. The minimum Gasteiger partial charge on any atom is -0.383 e. The molecule has 11 heteroatoms. The second-order valence-electron chi connectivity index (χ2n) is 10.2. The van der Waals surface area contributed by atoms with Crippen molar-refractivity contribution in [1.82, 2.24) is 24.6 Å². The second-order valence-corrected chi connectivity index (χ2v) is 10.6. The molecule has 4 aromatic rings. The minimum atomic E-state index is -0.481. The third-order valence-corrected chi connectivity index (χ3v) is 7.70. The van der Waals surface area contributed by atoms with Gasteiger partial charge in [-0.1, -0.05) is 35.9 Å². The topological polar surface area (TPSA) is 93.4 Å². The summed E-state index contributed by atoms with van der Waals surface area (Å²) in [4.78, 5) is 27.7. The number of aromatic nitrogens is 3. The van der Waals surface area contributed by atoms with E-state index >= 15 is 0 Å². The van der Waals surface area contributed by atoms with Crippen LogP contribution in [-0.2, 0) is 11.8 Å². The maximum atomic E-state index is 13.9. The van der Waals surface area contributed by atoms with Gasteiger partial charge < -0.3 is 14.6 Å². The Balaban J connectivity index is 1.44. The number of likely N-dealkylation sites (tertiary alicyclic amines) is 1. The highest BCUT2D eigenvalue weighted by atomic mass is 35.5. The van der Waals surface area contributed by atoms with Crippen molar-refractivity contribution in [2.24, 2.45) is 7.05 Å². The number of hydrogen-bond donors (Lipinski definition) is 2. The van der Waals surface area contributed by atoms with E-state index in [0.717, 1.165) is 22.4 Å². The van der Waals surface area contributed by atoms with E-state index < -0.39 is 11.8 Å². The number of carbonyl (C=O) groups excluding carboxylic acids is 1. The van der Waals surface area contributed by atoms with Gasteiger partial charge >= 0.3 is 6.03 Å². The molecule has 2 atom stereocenters. The Labute approximate surface area is 242 Å². The van der Waals surface area contributed by atoms with E-state index in [1.54, 1.807) is 43.2 Å². The van der Waals surface area contributed by atoms with Gasteiger partial charge in [-0.15, -0.1) is 0 Å². The van der Waals surface area contributed by atoms with Gasteiger partial charge in [0, 0.05) is 63.1 Å². The predicted octanol–water partition coefficient (Wildman–Crippen LogP) is 4.57. The van der Waals surface area contributed by atoms with Gasteiger partial charge in [-0.25, -0.2) is 13.9 Å². The largest absolute Gasteiger partial charge is 0.383 e. The third kappa shape index (κ3) is 6.19. The van der Waals surface area contributed by atoms with Crippen LogP contribution >= 0.6 is 11.6 Å². The maximum Gasteiger partial charge on any atom is 0.320 e. The number of methoxy groups -OCH3 is 1. The Hall–Kier alpha value is -3.99. The summed E-state index contributed by atoms with van der Waals surface area (Å²) in [5, 5.41) is 11.0. The van der Waals surface area contributed by atoms with Crippen LogP contribution in [-0.4, -0.2) is 64.7 Å². The molecule has 0 radical (unpaired) electrons. The number of rotatable bonds is 8. The Morgan fingerprint density at radius 3 is 2.63 bits per heavy atom. The fourth-order valence-corrected chi connectivity index (χ4v) is 5.42. The van der Waals surface area contributed by atoms with E-state index in [1.165, 1.54) is 16.7 Å². The average molecular weight is 579 g/mol. The van der Waals surface area contributed by atoms with Crippen molar-refractivity contribution < 1.29 is 13.9 Å². The summed E-state index contributed by atoms with van der Waals surface area (Å²) in [6, 6.07) is 16.8. The highest BCUT2D eigenvalue weighted by molar-refractivity contribution is 6.30. The van der Waals surface area contributed by atoms with Crippen LogP contribution in [0.4, 0.5) is 15.0 Å². The van der Waals surface area contributed by atoms with Gasteiger partial charge in [-0.3, -0.25) is 15.0 Å². The van der Waals surface area contributed by atoms with Crippen LogP contribution in [0.5, 0.6) is 0 Å². The summed E-state index contributed by atoms with van der Waals surface area (Å²) in [6.45, 7) is 4.39. The SMILES string of the molecule is COCCN1C[C@H](NC(=O)Nc2c(C)c(-c3ccc(=O)n(C)c3)nn2-c2ccccc2)[C@@H](c2ccc(F)c(Cl)c2)C1. The molecule has 2 aromatic carbocycles. The van der Waals surface area contributed by atoms with Crippen LogP contribution in [0, 0.1) is 12.7 Å². The number of pyridine rings is 1. The van der Waals surface area contributed by atoms with Crippen molar-refractivity contribution in [3.05, 3.63) is 99.2 Å². The molecular formula is C30H32ClFN6O3. The monoisotopic (exact) mass is 578 g/mol. The zero-order valence-corrected chi connectivity index (χ0v) is 23.9. The van der Waals surface area contributed by atoms with Crippen molar-refractivity contribution in [2.45, 2.75) is 18.9 Å². The number of aryl methyl sites for hydroxylation is 1. The number of ether oxygens (including phenoxy) is 1. The molecule has 41 heavy (non-hydrogen) atoms. The first kappa shape index (κ1) is 28.5. The zero-order chi connectivity index (χ0) is 29.1. The fourth-order valence-electron chi connectivity index (χ4n) is 5.23. The second kappa shape index (κ2) is 12.3. The molecule has 2 amide bonds. The standard InChI is InChI=1S/C30H32ClFN6O3/c1-19-28(21-10-12-27(39)36(2)16-21)35-38(22-7-5-4-6-8-22)29(19)34-30(40)33-26-18-37(13-14-41-3)17-23(26)20-9-11-25(32)24(31)15-20/h4-12,15-16,23,26H,13-14,17-18H2,1-3H3,(H2,33,34,40)/t23-,26+/m1/s1. The number of carbonyl (C=O) groups is 1. The summed E-state index contributed by atoms with van der Waals surface area (Å²) in [5.74, 6) is -0.0731. The normalized spacial score (nSPS) is 17.1. The van der Waals surface area contributed by atoms with Gasteiger partial charge in [-0.2, -0.15) is 5.10 Å². The van der Waals surface area contributed by atoms with Gasteiger partial charge in [0.2, 0.25) is 5.56 Å². The van der Waals surface area contributed by atoms with Crippen molar-refractivity contribution >= 4 is 23.4 Å². The molecule has 1 aliphatic heterocycles. The number of nitrogens with one attached hydrogen (secondary N) is 2. The molecule has 1 aliphatic rings. The predicted molar refractivity (Wildman–Crippen MR) is 157 cm³/mol. The van der Waals surface area contributed by atoms with E-state index in [0.29, 0.717) is 37.8 Å². The lowest BCUT2D eigenvalue weighted by Gasteiger charge is -2.21. The van der Waals surface area contributed by atoms with Crippen LogP contribution < -0.4 is 16.2 Å². The molecule has 2 aromatic heterocycles. The zero-order valence-electron chi connectivity index (χ0n) is 23.1. The van der Waals surface area contributed by atoms with E-state index in [-0.39, 0.29) is 22.5 Å². The Morgan fingerprint density at radius 2 is 1.93 bits per heavy atom. The highest BCUT2D eigenvalue weighted by Crippen LogP contribution is 2.32. The molecule has 0 unspecified atom stereocenters. The molecule has 1 fully saturated rings. The van der Waals surface area contributed by atoms with Crippen LogP contribution in [0.25, 0.3) is 16.9 Å². The third-order valence-electron chi connectivity index (χ3n) is 7.41. The van der Waals surface area contributed by atoms with Crippen molar-refractivity contribution in [3.63, 3.8) is 0 Å². The number of para-hydroxylation sites is 1. The number of anilines is 1. The van der Waals surface area contributed by atoms with Crippen molar-refractivity contribution in [3.8, 4) is 16.9 Å². The molecule has 5 rings (SSSR count). The molecule has 0 aliphatic carbocycles. The van der Waals surface area contributed by atoms with Gasteiger partial charge in [0.25, 0.3) is 0 Å². The molecule has 9 nitrogen and oxygen atoms in total. The highest BCUT2D eigenvalue weighted by Gasteiger charge is 2.35. The first-order valence-electron chi connectivity index (χ1n) is 13.3.